The van der Waals surface area contributed by atoms with E-state index in [0.29, 0.717) is 28.2 Å². The van der Waals surface area contributed by atoms with Crippen LogP contribution in [0.5, 0.6) is 0 Å². The summed E-state index contributed by atoms with van der Waals surface area (Å²) in [4.78, 5) is 33.5. The van der Waals surface area contributed by atoms with Gasteiger partial charge in [0.2, 0.25) is 0 Å². The molecule has 0 spiro atoms. The second kappa shape index (κ2) is 7.96. The van der Waals surface area contributed by atoms with E-state index in [-0.39, 0.29) is 16.4 Å². The Labute approximate surface area is 175 Å². The Bertz CT molecular complexity index is 1240. The molecule has 1 atom stereocenters. The van der Waals surface area contributed by atoms with E-state index < -0.39 is 18.0 Å². The van der Waals surface area contributed by atoms with Gasteiger partial charge in [0.1, 0.15) is 5.69 Å². The third-order valence-corrected chi connectivity index (χ3v) is 4.58. The number of nitrogens with zero attached hydrogens (tertiary/aromatic N) is 3. The number of aryl methyl sites for hydroxylation is 1. The van der Waals surface area contributed by atoms with Crippen LogP contribution in [0.25, 0.3) is 22.6 Å². The molecular formula is C20H15ClN4O5. The minimum Gasteiger partial charge on any atom is -0.463 e. The lowest BCUT2D eigenvalue weighted by Crippen LogP contribution is -2.30. The predicted octanol–water partition coefficient (Wildman–Crippen LogP) is 4.02. The maximum Gasteiger partial charge on any atom is 0.339 e. The van der Waals surface area contributed by atoms with Gasteiger partial charge in [-0.2, -0.15) is 0 Å². The van der Waals surface area contributed by atoms with Crippen LogP contribution in [0.15, 0.2) is 51.7 Å². The molecule has 4 heterocycles. The molecule has 1 amide bonds. The van der Waals surface area contributed by atoms with Gasteiger partial charge in [-0.05, 0) is 44.2 Å². The first kappa shape index (κ1) is 19.6. The molecule has 30 heavy (non-hydrogen) atoms. The van der Waals surface area contributed by atoms with E-state index in [9.17, 15) is 9.59 Å². The smallest absolute Gasteiger partial charge is 0.339 e. The van der Waals surface area contributed by atoms with Crippen LogP contribution in [0.4, 0.5) is 5.69 Å². The molecule has 0 aliphatic heterocycles. The molecule has 0 aliphatic carbocycles. The first-order valence-electron chi connectivity index (χ1n) is 8.87. The number of amides is 1. The summed E-state index contributed by atoms with van der Waals surface area (Å²) in [5.74, 6) is -0.852. The van der Waals surface area contributed by atoms with E-state index in [4.69, 9.17) is 25.3 Å². The van der Waals surface area contributed by atoms with Gasteiger partial charge in [0.05, 0.1) is 28.6 Å². The number of fused-ring (bicyclic) bond motifs is 1. The molecule has 152 valence electrons. The number of furan rings is 1. The number of carbonyl (C=O) groups excluding carboxylic acids is 2. The van der Waals surface area contributed by atoms with Crippen molar-refractivity contribution < 1.29 is 23.3 Å². The number of ether oxygens (including phenoxy) is 1. The molecule has 0 radical (unpaired) electrons. The summed E-state index contributed by atoms with van der Waals surface area (Å²) in [6.45, 7) is 3.13. The maximum absolute atomic E-state index is 12.9. The minimum absolute atomic E-state index is 0.128. The number of nitrogens with one attached hydrogen (secondary N) is 1. The Kier molecular flexibility index (Phi) is 5.20. The molecule has 0 bridgehead atoms. The zero-order valence-corrected chi connectivity index (χ0v) is 16.6. The molecule has 10 heteroatoms. The molecule has 1 unspecified atom stereocenters. The second-order valence-corrected chi connectivity index (χ2v) is 6.72. The summed E-state index contributed by atoms with van der Waals surface area (Å²) in [7, 11) is 0. The van der Waals surface area contributed by atoms with Crippen molar-refractivity contribution >= 4 is 40.3 Å². The standard InChI is InChI=1S/C20H15ClN4O5/c1-10-16-12(9-14(15-6-4-8-28-15)24-19(16)30-25-10)20(27)29-11(2)18(26)23-13-5-3-7-22-17(13)21/h3-9,11H,1-2H3,(H,23,26). The lowest BCUT2D eigenvalue weighted by atomic mass is 10.1. The molecule has 4 aromatic rings. The summed E-state index contributed by atoms with van der Waals surface area (Å²) in [5, 5.41) is 6.97. The number of halogens is 1. The highest BCUT2D eigenvalue weighted by atomic mass is 35.5. The van der Waals surface area contributed by atoms with Crippen molar-refractivity contribution in [2.24, 2.45) is 0 Å². The van der Waals surface area contributed by atoms with Crippen molar-refractivity contribution in [3.63, 3.8) is 0 Å². The van der Waals surface area contributed by atoms with Crippen LogP contribution in [0.1, 0.15) is 23.0 Å². The van der Waals surface area contributed by atoms with Gasteiger partial charge >= 0.3 is 5.97 Å². The van der Waals surface area contributed by atoms with Crippen molar-refractivity contribution in [3.05, 3.63) is 59.2 Å². The van der Waals surface area contributed by atoms with Crippen molar-refractivity contribution in [1.29, 1.82) is 0 Å². The fourth-order valence-electron chi connectivity index (χ4n) is 2.80. The van der Waals surface area contributed by atoms with Crippen molar-refractivity contribution in [1.82, 2.24) is 15.1 Å². The number of carbonyl (C=O) groups is 2. The van der Waals surface area contributed by atoms with Gasteiger partial charge in [0.15, 0.2) is 17.0 Å². The first-order chi connectivity index (χ1) is 14.4. The first-order valence-corrected chi connectivity index (χ1v) is 9.25. The molecular weight excluding hydrogens is 412 g/mol. The molecule has 0 saturated heterocycles. The largest absolute Gasteiger partial charge is 0.463 e. The Morgan fingerprint density at radius 2 is 2.10 bits per heavy atom. The molecule has 9 nitrogen and oxygen atoms in total. The van der Waals surface area contributed by atoms with Crippen LogP contribution in [0, 0.1) is 6.92 Å². The molecule has 0 aliphatic rings. The lowest BCUT2D eigenvalue weighted by molar-refractivity contribution is -0.123. The summed E-state index contributed by atoms with van der Waals surface area (Å²) >= 11 is 5.94. The minimum atomic E-state index is -1.11. The van der Waals surface area contributed by atoms with Gasteiger partial charge in [-0.25, -0.2) is 14.8 Å². The SMILES string of the molecule is Cc1noc2nc(-c3ccco3)cc(C(=O)OC(C)C(=O)Nc3cccnc3Cl)c12. The van der Waals surface area contributed by atoms with E-state index in [0.717, 1.165) is 0 Å². The average molecular weight is 427 g/mol. The Balaban J connectivity index is 1.60. The number of hydrogen-bond donors (Lipinski definition) is 1. The van der Waals surface area contributed by atoms with Gasteiger partial charge < -0.3 is 19.0 Å². The molecule has 0 fully saturated rings. The number of aromatic nitrogens is 3. The Morgan fingerprint density at radius 1 is 1.27 bits per heavy atom. The second-order valence-electron chi connectivity index (χ2n) is 6.36. The summed E-state index contributed by atoms with van der Waals surface area (Å²) in [6, 6.07) is 8.11. The topological polar surface area (TPSA) is 120 Å². The fourth-order valence-corrected chi connectivity index (χ4v) is 2.96. The number of anilines is 1. The third-order valence-electron chi connectivity index (χ3n) is 4.28. The highest BCUT2D eigenvalue weighted by Crippen LogP contribution is 2.28. The van der Waals surface area contributed by atoms with Gasteiger partial charge in [0.25, 0.3) is 11.6 Å². The number of pyridine rings is 2. The molecule has 0 saturated carbocycles. The van der Waals surface area contributed by atoms with E-state index >= 15 is 0 Å². The lowest BCUT2D eigenvalue weighted by Gasteiger charge is -2.14. The van der Waals surface area contributed by atoms with Gasteiger partial charge in [-0.15, -0.1) is 0 Å². The number of esters is 1. The van der Waals surface area contributed by atoms with E-state index in [2.05, 4.69) is 20.4 Å². The third kappa shape index (κ3) is 3.74. The fraction of sp³-hybridized carbons (Fsp3) is 0.150. The van der Waals surface area contributed by atoms with Crippen molar-refractivity contribution in [3.8, 4) is 11.5 Å². The molecule has 4 aromatic heterocycles. The van der Waals surface area contributed by atoms with E-state index in [1.165, 1.54) is 25.5 Å². The summed E-state index contributed by atoms with van der Waals surface area (Å²) in [6.07, 6.45) is 1.87. The Morgan fingerprint density at radius 3 is 2.83 bits per heavy atom. The monoisotopic (exact) mass is 426 g/mol. The number of rotatable bonds is 5. The quantitative estimate of drug-likeness (QED) is 0.375. The van der Waals surface area contributed by atoms with E-state index in [1.807, 2.05) is 0 Å². The average Bonchev–Trinajstić information content (AvgIpc) is 3.39. The highest BCUT2D eigenvalue weighted by Gasteiger charge is 2.25. The predicted molar refractivity (Wildman–Crippen MR) is 107 cm³/mol. The van der Waals surface area contributed by atoms with Crippen LogP contribution in [0.3, 0.4) is 0 Å². The zero-order valence-electron chi connectivity index (χ0n) is 15.9. The summed E-state index contributed by atoms with van der Waals surface area (Å²) < 4.78 is 15.9. The van der Waals surface area contributed by atoms with Crippen molar-refractivity contribution in [2.45, 2.75) is 20.0 Å². The zero-order chi connectivity index (χ0) is 21.3. The van der Waals surface area contributed by atoms with Crippen LogP contribution in [-0.4, -0.2) is 33.1 Å². The van der Waals surface area contributed by atoms with Gasteiger partial charge in [0, 0.05) is 6.20 Å². The maximum atomic E-state index is 12.9. The summed E-state index contributed by atoms with van der Waals surface area (Å²) in [5.41, 5.74) is 1.47. The van der Waals surface area contributed by atoms with Crippen LogP contribution in [0.2, 0.25) is 5.15 Å². The van der Waals surface area contributed by atoms with Crippen molar-refractivity contribution in [2.75, 3.05) is 5.32 Å². The Hall–Kier alpha value is -3.72. The number of hydrogen-bond acceptors (Lipinski definition) is 8. The van der Waals surface area contributed by atoms with Gasteiger partial charge in [-0.1, -0.05) is 16.8 Å². The molecule has 0 aromatic carbocycles. The van der Waals surface area contributed by atoms with Crippen LogP contribution in [-0.2, 0) is 9.53 Å². The highest BCUT2D eigenvalue weighted by molar-refractivity contribution is 6.32. The molecule has 1 N–H and O–H groups in total. The normalized spacial score (nSPS) is 12.0. The van der Waals surface area contributed by atoms with E-state index in [1.54, 1.807) is 31.2 Å². The van der Waals surface area contributed by atoms with Gasteiger partial charge in [-0.3, -0.25) is 4.79 Å². The van der Waals surface area contributed by atoms with Crippen LogP contribution >= 0.6 is 11.6 Å². The molecule has 4 rings (SSSR count). The van der Waals surface area contributed by atoms with Crippen LogP contribution < -0.4 is 5.32 Å².